The molecule has 0 spiro atoms. The highest BCUT2D eigenvalue weighted by molar-refractivity contribution is 6.20. The van der Waals surface area contributed by atoms with Gasteiger partial charge in [0.1, 0.15) is 31.1 Å². The first-order chi connectivity index (χ1) is 17.2. The van der Waals surface area contributed by atoms with Crippen molar-refractivity contribution in [2.45, 2.75) is 39.3 Å². The highest BCUT2D eigenvalue weighted by atomic mass is 16.7. The molecule has 3 amide bonds. The molecule has 0 saturated carbocycles. The van der Waals surface area contributed by atoms with Crippen molar-refractivity contribution in [3.63, 3.8) is 0 Å². The van der Waals surface area contributed by atoms with Crippen LogP contribution >= 0.6 is 0 Å². The Hall–Kier alpha value is -3.98. The second-order valence-electron chi connectivity index (χ2n) is 9.39. The number of ether oxygens (including phenoxy) is 2. The first kappa shape index (κ1) is 25.1. The fourth-order valence-corrected chi connectivity index (χ4v) is 3.78. The minimum absolute atomic E-state index is 0.0512. The molecule has 1 aromatic heterocycles. The third kappa shape index (κ3) is 6.17. The van der Waals surface area contributed by atoms with Crippen LogP contribution in [0.5, 0.6) is 5.75 Å². The Balaban J connectivity index is 1.22. The maximum absolute atomic E-state index is 12.3. The van der Waals surface area contributed by atoms with Gasteiger partial charge in [0.05, 0.1) is 11.1 Å². The molecule has 2 aromatic carbocycles. The molecule has 0 atom stereocenters. The summed E-state index contributed by atoms with van der Waals surface area (Å²) in [6.45, 7) is 7.00. The molecule has 1 aliphatic rings. The lowest BCUT2D eigenvalue weighted by Crippen LogP contribution is -2.37. The van der Waals surface area contributed by atoms with Gasteiger partial charge in [0.2, 0.25) is 0 Å². The van der Waals surface area contributed by atoms with Crippen molar-refractivity contribution in [2.24, 2.45) is 0 Å². The van der Waals surface area contributed by atoms with Crippen LogP contribution in [-0.2, 0) is 16.1 Å². The fraction of sp³-hybridized carbons (Fsp3) is 0.333. The Labute approximate surface area is 209 Å². The van der Waals surface area contributed by atoms with Gasteiger partial charge in [0, 0.05) is 24.4 Å². The number of amides is 3. The number of rotatable bonds is 9. The molecule has 36 heavy (non-hydrogen) atoms. The topological polar surface area (TPSA) is 98.1 Å². The van der Waals surface area contributed by atoms with Crippen molar-refractivity contribution in [1.29, 1.82) is 0 Å². The predicted octanol–water partition coefficient (Wildman–Crippen LogP) is 3.65. The Morgan fingerprint density at radius 2 is 1.69 bits per heavy atom. The van der Waals surface area contributed by atoms with Crippen molar-refractivity contribution in [3.8, 4) is 5.75 Å². The van der Waals surface area contributed by atoms with Crippen LogP contribution in [0.3, 0.4) is 0 Å². The van der Waals surface area contributed by atoms with Gasteiger partial charge >= 0.3 is 6.09 Å². The van der Waals surface area contributed by atoms with Crippen molar-refractivity contribution in [2.75, 3.05) is 19.8 Å². The molecule has 4 rings (SSSR count). The first-order valence-electron chi connectivity index (χ1n) is 11.8. The van der Waals surface area contributed by atoms with E-state index in [-0.39, 0.29) is 13.2 Å². The molecule has 0 bridgehead atoms. The molecular weight excluding hydrogens is 462 g/mol. The summed E-state index contributed by atoms with van der Waals surface area (Å²) in [4.78, 5) is 41.8. The number of aromatic nitrogens is 1. The summed E-state index contributed by atoms with van der Waals surface area (Å²) in [6, 6.07) is 14.4. The molecular formula is C27H30N3O6+. The highest BCUT2D eigenvalue weighted by Gasteiger charge is 2.36. The van der Waals surface area contributed by atoms with E-state index in [1.54, 1.807) is 24.3 Å². The van der Waals surface area contributed by atoms with Gasteiger partial charge in [-0.3, -0.25) is 14.4 Å². The quantitative estimate of drug-likeness (QED) is 0.278. The zero-order valence-corrected chi connectivity index (χ0v) is 20.7. The zero-order chi connectivity index (χ0) is 25.7. The number of aryl methyl sites for hydroxylation is 1. The van der Waals surface area contributed by atoms with Crippen LogP contribution in [-0.4, -0.2) is 48.3 Å². The van der Waals surface area contributed by atoms with E-state index in [0.717, 1.165) is 28.8 Å². The molecule has 0 saturated heterocycles. The number of carbonyl (C=O) groups is 3. The van der Waals surface area contributed by atoms with Crippen LogP contribution in [0.4, 0.5) is 4.79 Å². The van der Waals surface area contributed by atoms with Gasteiger partial charge in [-0.15, -0.1) is 5.06 Å². The zero-order valence-electron chi connectivity index (χ0n) is 20.7. The third-order valence-electron chi connectivity index (χ3n) is 5.40. The van der Waals surface area contributed by atoms with Gasteiger partial charge in [-0.05, 0) is 56.5 Å². The predicted molar refractivity (Wildman–Crippen MR) is 131 cm³/mol. The van der Waals surface area contributed by atoms with Crippen molar-refractivity contribution in [3.05, 3.63) is 72.1 Å². The molecule has 9 heteroatoms. The van der Waals surface area contributed by atoms with E-state index in [0.29, 0.717) is 23.4 Å². The Morgan fingerprint density at radius 3 is 2.39 bits per heavy atom. The molecule has 3 aromatic rings. The SMILES string of the molecule is CC(C)(C)OC(=O)NCCC[n+]1ccc2cc(OCCON3C(=O)c4ccccc4C3=O)ccc2c1. The number of carbonyl (C=O) groups excluding carboxylic acids is 3. The fourth-order valence-electron chi connectivity index (χ4n) is 3.78. The van der Waals surface area contributed by atoms with E-state index in [4.69, 9.17) is 14.3 Å². The molecule has 188 valence electrons. The van der Waals surface area contributed by atoms with Gasteiger partial charge in [-0.1, -0.05) is 12.1 Å². The third-order valence-corrected chi connectivity index (χ3v) is 5.40. The summed E-state index contributed by atoms with van der Waals surface area (Å²) in [6.07, 6.45) is 4.37. The molecule has 9 nitrogen and oxygen atoms in total. The number of fused-ring (bicyclic) bond motifs is 2. The van der Waals surface area contributed by atoms with Gasteiger partial charge in [-0.2, -0.15) is 0 Å². The van der Waals surface area contributed by atoms with Gasteiger partial charge < -0.3 is 14.8 Å². The monoisotopic (exact) mass is 492 g/mol. The van der Waals surface area contributed by atoms with E-state index >= 15 is 0 Å². The lowest BCUT2D eigenvalue weighted by atomic mass is 10.1. The molecule has 0 aliphatic carbocycles. The Bertz CT molecular complexity index is 1250. The maximum atomic E-state index is 12.3. The van der Waals surface area contributed by atoms with Crippen LogP contribution in [0.15, 0.2) is 60.9 Å². The highest BCUT2D eigenvalue weighted by Crippen LogP contribution is 2.23. The van der Waals surface area contributed by atoms with Crippen LogP contribution in [0.25, 0.3) is 10.8 Å². The number of imide groups is 1. The number of alkyl carbamates (subject to hydrolysis) is 1. The van der Waals surface area contributed by atoms with E-state index < -0.39 is 23.5 Å². The summed E-state index contributed by atoms with van der Waals surface area (Å²) in [5.74, 6) is -0.266. The lowest BCUT2D eigenvalue weighted by molar-refractivity contribution is -0.695. The van der Waals surface area contributed by atoms with Crippen molar-refractivity contribution >= 4 is 28.7 Å². The Kier molecular flexibility index (Phi) is 7.49. The second-order valence-corrected chi connectivity index (χ2v) is 9.39. The first-order valence-corrected chi connectivity index (χ1v) is 11.8. The van der Waals surface area contributed by atoms with E-state index in [2.05, 4.69) is 9.88 Å². The van der Waals surface area contributed by atoms with Gasteiger partial charge in [-0.25, -0.2) is 9.36 Å². The van der Waals surface area contributed by atoms with Crippen LogP contribution in [0.2, 0.25) is 0 Å². The summed E-state index contributed by atoms with van der Waals surface area (Å²) in [5, 5.41) is 5.61. The minimum atomic E-state index is -0.509. The van der Waals surface area contributed by atoms with E-state index in [1.807, 2.05) is 57.4 Å². The number of hydrogen-bond donors (Lipinski definition) is 1. The normalized spacial score (nSPS) is 13.1. The summed E-state index contributed by atoms with van der Waals surface area (Å²) >= 11 is 0. The number of nitrogens with one attached hydrogen (secondary N) is 1. The molecule has 0 unspecified atom stereocenters. The number of hydroxylamine groups is 2. The minimum Gasteiger partial charge on any atom is -0.491 e. The average Bonchev–Trinajstić information content (AvgIpc) is 3.08. The summed E-state index contributed by atoms with van der Waals surface area (Å²) < 4.78 is 13.1. The molecule has 0 fully saturated rings. The molecule has 1 N–H and O–H groups in total. The second kappa shape index (κ2) is 10.7. The van der Waals surface area contributed by atoms with Crippen LogP contribution in [0.1, 0.15) is 47.9 Å². The maximum Gasteiger partial charge on any atom is 0.407 e. The van der Waals surface area contributed by atoms with Gasteiger partial charge in [0.15, 0.2) is 12.4 Å². The molecule has 1 aliphatic heterocycles. The number of nitrogens with zero attached hydrogens (tertiary/aromatic N) is 2. The Morgan fingerprint density at radius 1 is 0.972 bits per heavy atom. The van der Waals surface area contributed by atoms with Crippen molar-refractivity contribution < 1.29 is 33.3 Å². The number of benzene rings is 2. The van der Waals surface area contributed by atoms with Gasteiger partial charge in [0.25, 0.3) is 11.8 Å². The standard InChI is InChI=1S/C27H29N3O6/c1-27(2,3)36-26(33)28-12-6-13-29-14-11-19-17-21(10-9-20(19)18-29)34-15-16-35-30-24(31)22-7-4-5-8-23(22)25(30)32/h4-5,7-11,14,17-18H,6,12-13,15-16H2,1-3H3/p+1. The van der Waals surface area contributed by atoms with E-state index in [1.165, 1.54) is 0 Å². The molecule has 2 heterocycles. The summed E-state index contributed by atoms with van der Waals surface area (Å²) in [7, 11) is 0. The smallest absolute Gasteiger partial charge is 0.407 e. The average molecular weight is 493 g/mol. The van der Waals surface area contributed by atoms with Crippen LogP contribution in [0, 0.1) is 0 Å². The van der Waals surface area contributed by atoms with Crippen molar-refractivity contribution in [1.82, 2.24) is 10.4 Å². The largest absolute Gasteiger partial charge is 0.491 e. The lowest BCUT2D eigenvalue weighted by Gasteiger charge is -2.19. The number of pyridine rings is 1. The summed E-state index contributed by atoms with van der Waals surface area (Å²) in [5.41, 5.74) is 0.176. The molecule has 0 radical (unpaired) electrons. The number of hydrogen-bond acceptors (Lipinski definition) is 6. The van der Waals surface area contributed by atoms with Crippen LogP contribution < -0.4 is 14.6 Å². The van der Waals surface area contributed by atoms with E-state index in [9.17, 15) is 14.4 Å².